The molecule has 1 fully saturated rings. The van der Waals surface area contributed by atoms with Crippen LogP contribution < -0.4 is 10.2 Å². The van der Waals surface area contributed by atoms with Gasteiger partial charge in [0.25, 0.3) is 0 Å². The number of methoxy groups -OCH3 is 1. The Balaban J connectivity index is 2.11. The molecular weight excluding hydrogens is 336 g/mol. The molecule has 7 heteroatoms. The average molecular weight is 362 g/mol. The van der Waals surface area contributed by atoms with Gasteiger partial charge >= 0.3 is 12.1 Å². The minimum Gasteiger partial charge on any atom is -0.467 e. The van der Waals surface area contributed by atoms with Crippen LogP contribution in [0.2, 0.25) is 0 Å². The van der Waals surface area contributed by atoms with E-state index in [1.807, 2.05) is 24.3 Å². The fraction of sp³-hybridized carbons (Fsp3) is 0.526. The molecule has 1 atom stereocenters. The van der Waals surface area contributed by atoms with Crippen LogP contribution in [0.1, 0.15) is 39.2 Å². The molecule has 0 aromatic heterocycles. The van der Waals surface area contributed by atoms with Crippen molar-refractivity contribution in [2.75, 3.05) is 18.6 Å². The Kier molecular flexibility index (Phi) is 6.23. The van der Waals surface area contributed by atoms with Gasteiger partial charge in [0.2, 0.25) is 5.91 Å². The number of anilines is 1. The monoisotopic (exact) mass is 362 g/mol. The maximum atomic E-state index is 12.1. The maximum Gasteiger partial charge on any atom is 0.408 e. The zero-order valence-electron chi connectivity index (χ0n) is 15.7. The molecule has 1 aromatic rings. The van der Waals surface area contributed by atoms with E-state index in [2.05, 4.69) is 5.32 Å². The van der Waals surface area contributed by atoms with E-state index in [0.717, 1.165) is 17.7 Å². The van der Waals surface area contributed by atoms with Crippen molar-refractivity contribution < 1.29 is 23.9 Å². The van der Waals surface area contributed by atoms with Crippen molar-refractivity contribution in [1.29, 1.82) is 0 Å². The minimum absolute atomic E-state index is 0.0959. The lowest BCUT2D eigenvalue weighted by Gasteiger charge is -2.23. The van der Waals surface area contributed by atoms with Crippen molar-refractivity contribution >= 4 is 23.7 Å². The summed E-state index contributed by atoms with van der Waals surface area (Å²) in [6.45, 7) is 5.93. The van der Waals surface area contributed by atoms with Gasteiger partial charge in [-0.05, 0) is 44.9 Å². The highest BCUT2D eigenvalue weighted by Crippen LogP contribution is 2.23. The van der Waals surface area contributed by atoms with E-state index in [0.29, 0.717) is 13.0 Å². The summed E-state index contributed by atoms with van der Waals surface area (Å²) in [5.74, 6) is -0.461. The molecule has 1 aliphatic rings. The lowest BCUT2D eigenvalue weighted by atomic mass is 10.0. The second kappa shape index (κ2) is 8.21. The predicted octanol–water partition coefficient (Wildman–Crippen LogP) is 2.42. The molecule has 7 nitrogen and oxygen atoms in total. The Morgan fingerprint density at radius 1 is 1.31 bits per heavy atom. The summed E-state index contributed by atoms with van der Waals surface area (Å²) in [6, 6.07) is 6.52. The Morgan fingerprint density at radius 2 is 2.04 bits per heavy atom. The highest BCUT2D eigenvalue weighted by Gasteiger charge is 2.26. The van der Waals surface area contributed by atoms with Gasteiger partial charge in [-0.25, -0.2) is 9.59 Å². The van der Waals surface area contributed by atoms with Crippen LogP contribution >= 0.6 is 0 Å². The fourth-order valence-electron chi connectivity index (χ4n) is 2.79. The van der Waals surface area contributed by atoms with E-state index < -0.39 is 23.7 Å². The van der Waals surface area contributed by atoms with Crippen LogP contribution in [0.15, 0.2) is 24.3 Å². The van der Waals surface area contributed by atoms with E-state index >= 15 is 0 Å². The highest BCUT2D eigenvalue weighted by atomic mass is 16.6. The summed E-state index contributed by atoms with van der Waals surface area (Å²) in [7, 11) is 1.27. The number of alkyl carbamates (subject to hydrolysis) is 1. The molecular formula is C19H26N2O5. The van der Waals surface area contributed by atoms with Gasteiger partial charge in [0, 0.05) is 25.1 Å². The topological polar surface area (TPSA) is 84.9 Å². The van der Waals surface area contributed by atoms with Gasteiger partial charge in [-0.1, -0.05) is 12.1 Å². The van der Waals surface area contributed by atoms with Crippen LogP contribution in [-0.2, 0) is 25.5 Å². The third-order valence-corrected chi connectivity index (χ3v) is 3.91. The van der Waals surface area contributed by atoms with Crippen LogP contribution in [0.5, 0.6) is 0 Å². The van der Waals surface area contributed by atoms with Crippen LogP contribution in [0, 0.1) is 0 Å². The van der Waals surface area contributed by atoms with Crippen LogP contribution in [0.3, 0.4) is 0 Å². The number of hydrogen-bond acceptors (Lipinski definition) is 5. The second-order valence-corrected chi connectivity index (χ2v) is 7.24. The first-order valence-corrected chi connectivity index (χ1v) is 8.66. The number of carbonyl (C=O) groups excluding carboxylic acids is 3. The molecule has 1 N–H and O–H groups in total. The molecule has 1 unspecified atom stereocenters. The first-order valence-electron chi connectivity index (χ1n) is 8.66. The SMILES string of the molecule is COC(=O)C(Cc1cccc(N2CCCC2=O)c1)NC(=O)OC(C)(C)C. The predicted molar refractivity (Wildman–Crippen MR) is 96.9 cm³/mol. The minimum atomic E-state index is -0.876. The van der Waals surface area contributed by atoms with Crippen molar-refractivity contribution in [3.05, 3.63) is 29.8 Å². The smallest absolute Gasteiger partial charge is 0.408 e. The zero-order valence-corrected chi connectivity index (χ0v) is 15.7. The van der Waals surface area contributed by atoms with E-state index in [4.69, 9.17) is 9.47 Å². The summed E-state index contributed by atoms with van der Waals surface area (Å²) in [4.78, 5) is 37.7. The van der Waals surface area contributed by atoms with Crippen molar-refractivity contribution in [2.24, 2.45) is 0 Å². The quantitative estimate of drug-likeness (QED) is 0.813. The van der Waals surface area contributed by atoms with E-state index in [-0.39, 0.29) is 12.3 Å². The summed E-state index contributed by atoms with van der Waals surface area (Å²) in [5, 5.41) is 2.55. The summed E-state index contributed by atoms with van der Waals surface area (Å²) >= 11 is 0. The molecule has 0 radical (unpaired) electrons. The molecule has 1 aliphatic heterocycles. The molecule has 1 heterocycles. The zero-order chi connectivity index (χ0) is 19.3. The van der Waals surface area contributed by atoms with Gasteiger partial charge in [-0.15, -0.1) is 0 Å². The normalized spacial score (nSPS) is 15.5. The molecule has 1 saturated heterocycles. The molecule has 2 rings (SSSR count). The first kappa shape index (κ1) is 19.8. The standard InChI is InChI=1S/C19H26N2O5/c1-19(2,3)26-18(24)20-15(17(23)25-4)12-13-7-5-8-14(11-13)21-10-6-9-16(21)22/h5,7-8,11,15H,6,9-10,12H2,1-4H3,(H,20,24). The van der Waals surface area contributed by atoms with Gasteiger partial charge in [-0.2, -0.15) is 0 Å². The number of hydrogen-bond donors (Lipinski definition) is 1. The van der Waals surface area contributed by atoms with E-state index in [9.17, 15) is 14.4 Å². The Hall–Kier alpha value is -2.57. The molecule has 1 aromatic carbocycles. The lowest BCUT2D eigenvalue weighted by molar-refractivity contribution is -0.143. The van der Waals surface area contributed by atoms with Crippen molar-refractivity contribution in [1.82, 2.24) is 5.32 Å². The van der Waals surface area contributed by atoms with Crippen LogP contribution in [0.25, 0.3) is 0 Å². The van der Waals surface area contributed by atoms with Gasteiger partial charge in [0.05, 0.1) is 7.11 Å². The van der Waals surface area contributed by atoms with Crippen LogP contribution in [0.4, 0.5) is 10.5 Å². The molecule has 26 heavy (non-hydrogen) atoms. The summed E-state index contributed by atoms with van der Waals surface area (Å²) < 4.78 is 10.00. The number of ether oxygens (including phenoxy) is 2. The van der Waals surface area contributed by atoms with E-state index in [1.165, 1.54) is 7.11 Å². The Labute approximate surface area is 153 Å². The highest BCUT2D eigenvalue weighted by molar-refractivity contribution is 5.95. The second-order valence-electron chi connectivity index (χ2n) is 7.24. The number of nitrogens with zero attached hydrogens (tertiary/aromatic N) is 1. The van der Waals surface area contributed by atoms with Gasteiger partial charge in [0.1, 0.15) is 11.6 Å². The number of esters is 1. The lowest BCUT2D eigenvalue weighted by Crippen LogP contribution is -2.45. The molecule has 2 amide bonds. The van der Waals surface area contributed by atoms with Gasteiger partial charge < -0.3 is 19.7 Å². The van der Waals surface area contributed by atoms with Crippen molar-refractivity contribution in [3.63, 3.8) is 0 Å². The fourth-order valence-corrected chi connectivity index (χ4v) is 2.79. The molecule has 0 aliphatic carbocycles. The Bertz CT molecular complexity index is 681. The largest absolute Gasteiger partial charge is 0.467 e. The molecule has 0 bridgehead atoms. The van der Waals surface area contributed by atoms with Crippen LogP contribution in [-0.4, -0.2) is 43.3 Å². The number of carbonyl (C=O) groups is 3. The van der Waals surface area contributed by atoms with Crippen molar-refractivity contribution in [2.45, 2.75) is 51.7 Å². The summed E-state index contributed by atoms with van der Waals surface area (Å²) in [5.41, 5.74) is 0.945. The first-order chi connectivity index (χ1) is 12.2. The number of amides is 2. The number of nitrogens with one attached hydrogen (secondary N) is 1. The average Bonchev–Trinajstić information content (AvgIpc) is 2.98. The number of benzene rings is 1. The molecule has 142 valence electrons. The Morgan fingerprint density at radius 3 is 2.62 bits per heavy atom. The third-order valence-electron chi connectivity index (χ3n) is 3.91. The molecule has 0 spiro atoms. The molecule has 0 saturated carbocycles. The van der Waals surface area contributed by atoms with Gasteiger partial charge in [0.15, 0.2) is 0 Å². The summed E-state index contributed by atoms with van der Waals surface area (Å²) in [6.07, 6.45) is 0.948. The number of rotatable bonds is 5. The maximum absolute atomic E-state index is 12.1. The van der Waals surface area contributed by atoms with E-state index in [1.54, 1.807) is 25.7 Å². The third kappa shape index (κ3) is 5.47. The van der Waals surface area contributed by atoms with Crippen molar-refractivity contribution in [3.8, 4) is 0 Å². The van der Waals surface area contributed by atoms with Gasteiger partial charge in [-0.3, -0.25) is 4.79 Å².